The van der Waals surface area contributed by atoms with E-state index in [1.807, 2.05) is 0 Å². The fourth-order valence-electron chi connectivity index (χ4n) is 2.07. The molecule has 1 aliphatic carbocycles. The maximum atomic E-state index is 11.8. The summed E-state index contributed by atoms with van der Waals surface area (Å²) in [6.45, 7) is 1.23. The van der Waals surface area contributed by atoms with Crippen molar-refractivity contribution in [3.63, 3.8) is 0 Å². The zero-order valence-corrected chi connectivity index (χ0v) is 12.2. The molecule has 2 aliphatic rings. The van der Waals surface area contributed by atoms with Gasteiger partial charge in [-0.25, -0.2) is 0 Å². The van der Waals surface area contributed by atoms with E-state index in [0.717, 1.165) is 38.5 Å². The van der Waals surface area contributed by atoms with Gasteiger partial charge >= 0.3 is 5.97 Å². The summed E-state index contributed by atoms with van der Waals surface area (Å²) in [5.41, 5.74) is 0. The molecule has 2 fully saturated rings. The molecule has 1 heterocycles. The highest BCUT2D eigenvalue weighted by Crippen LogP contribution is 2.44. The number of esters is 1. The van der Waals surface area contributed by atoms with Crippen LogP contribution in [0.25, 0.3) is 0 Å². The van der Waals surface area contributed by atoms with E-state index in [4.69, 9.17) is 4.74 Å². The molecular formula is C13H20BrNO3. The Hall–Kier alpha value is -0.580. The third kappa shape index (κ3) is 4.26. The van der Waals surface area contributed by atoms with E-state index in [1.165, 1.54) is 0 Å². The van der Waals surface area contributed by atoms with Gasteiger partial charge in [-0.3, -0.25) is 9.59 Å². The molecule has 0 aromatic rings. The van der Waals surface area contributed by atoms with Gasteiger partial charge in [-0.1, -0.05) is 28.8 Å². The molecule has 1 saturated carbocycles. The van der Waals surface area contributed by atoms with Crippen LogP contribution in [0.5, 0.6) is 0 Å². The lowest BCUT2D eigenvalue weighted by atomic mass is 10.1. The van der Waals surface area contributed by atoms with Crippen LogP contribution in [0.3, 0.4) is 0 Å². The molecule has 1 saturated heterocycles. The number of halogens is 1. The second-order valence-corrected chi connectivity index (χ2v) is 6.97. The Morgan fingerprint density at radius 3 is 2.72 bits per heavy atom. The predicted octanol–water partition coefficient (Wildman–Crippen LogP) is 2.25. The molecule has 102 valence electrons. The Morgan fingerprint density at radius 1 is 1.28 bits per heavy atom. The Kier molecular flexibility index (Phi) is 4.65. The Bertz CT molecular complexity index is 328. The first-order chi connectivity index (χ1) is 8.59. The van der Waals surface area contributed by atoms with Gasteiger partial charge in [0.15, 0.2) is 0 Å². The summed E-state index contributed by atoms with van der Waals surface area (Å²) in [7, 11) is 0. The Balaban J connectivity index is 1.74. The summed E-state index contributed by atoms with van der Waals surface area (Å²) >= 11 is 3.52. The van der Waals surface area contributed by atoms with E-state index in [1.54, 1.807) is 4.90 Å². The highest BCUT2D eigenvalue weighted by atomic mass is 79.9. The van der Waals surface area contributed by atoms with Crippen LogP contribution < -0.4 is 0 Å². The molecule has 2 rings (SSSR count). The van der Waals surface area contributed by atoms with Crippen LogP contribution >= 0.6 is 15.9 Å². The highest BCUT2D eigenvalue weighted by molar-refractivity contribution is 9.10. The molecule has 0 bridgehead atoms. The summed E-state index contributed by atoms with van der Waals surface area (Å²) in [4.78, 5) is 25.2. The normalized spacial score (nSPS) is 23.2. The third-order valence-electron chi connectivity index (χ3n) is 3.53. The van der Waals surface area contributed by atoms with Crippen LogP contribution in [0.4, 0.5) is 0 Å². The second-order valence-electron chi connectivity index (χ2n) is 5.29. The van der Waals surface area contributed by atoms with E-state index in [-0.39, 0.29) is 22.7 Å². The number of carbonyl (C=O) groups is 2. The van der Waals surface area contributed by atoms with E-state index in [2.05, 4.69) is 15.9 Å². The first-order valence-electron chi connectivity index (χ1n) is 6.71. The van der Waals surface area contributed by atoms with Crippen LogP contribution in [0.2, 0.25) is 0 Å². The van der Waals surface area contributed by atoms with Crippen molar-refractivity contribution in [2.24, 2.45) is 0 Å². The topological polar surface area (TPSA) is 46.6 Å². The van der Waals surface area contributed by atoms with Gasteiger partial charge in [-0.05, 0) is 25.7 Å². The van der Waals surface area contributed by atoms with Gasteiger partial charge in [0.2, 0.25) is 5.91 Å². The molecule has 0 aromatic heterocycles. The van der Waals surface area contributed by atoms with E-state index in [0.29, 0.717) is 19.6 Å². The monoisotopic (exact) mass is 317 g/mol. The molecule has 0 unspecified atom stereocenters. The predicted molar refractivity (Wildman–Crippen MR) is 71.5 cm³/mol. The summed E-state index contributed by atoms with van der Waals surface area (Å²) < 4.78 is 5.24. The molecule has 18 heavy (non-hydrogen) atoms. The summed E-state index contributed by atoms with van der Waals surface area (Å²) in [5.74, 6) is -0.193. The molecule has 1 aliphatic heterocycles. The number of nitrogens with zero attached hydrogens (tertiary/aromatic N) is 1. The van der Waals surface area contributed by atoms with Crippen molar-refractivity contribution in [1.29, 1.82) is 0 Å². The van der Waals surface area contributed by atoms with Gasteiger partial charge in [0.25, 0.3) is 0 Å². The molecule has 0 N–H and O–H groups in total. The van der Waals surface area contributed by atoms with Crippen molar-refractivity contribution in [3.05, 3.63) is 0 Å². The van der Waals surface area contributed by atoms with Gasteiger partial charge in [0, 0.05) is 13.0 Å². The minimum Gasteiger partial charge on any atom is -0.463 e. The summed E-state index contributed by atoms with van der Waals surface area (Å²) in [6, 6.07) is 0. The fraction of sp³-hybridized carbons (Fsp3) is 0.846. The van der Waals surface area contributed by atoms with Crippen molar-refractivity contribution in [2.75, 3.05) is 19.7 Å². The van der Waals surface area contributed by atoms with Crippen LogP contribution in [-0.2, 0) is 14.3 Å². The zero-order valence-electron chi connectivity index (χ0n) is 10.6. The number of alkyl halides is 1. The smallest absolute Gasteiger partial charge is 0.325 e. The first kappa shape index (κ1) is 13.8. The lowest BCUT2D eigenvalue weighted by Gasteiger charge is -2.24. The summed E-state index contributed by atoms with van der Waals surface area (Å²) in [6.07, 6.45) is 6.87. The van der Waals surface area contributed by atoms with Gasteiger partial charge in [-0.15, -0.1) is 0 Å². The van der Waals surface area contributed by atoms with Gasteiger partial charge in [-0.2, -0.15) is 0 Å². The number of carbonyl (C=O) groups excluding carboxylic acids is 2. The van der Waals surface area contributed by atoms with Crippen molar-refractivity contribution in [3.8, 4) is 0 Å². The number of amides is 1. The first-order valence-corrected chi connectivity index (χ1v) is 7.51. The van der Waals surface area contributed by atoms with Crippen molar-refractivity contribution < 1.29 is 14.3 Å². The SMILES string of the molecule is O=C(CN1CCCCCCC1=O)OCC1(Br)CC1. The molecule has 0 spiro atoms. The van der Waals surface area contributed by atoms with Gasteiger partial charge < -0.3 is 9.64 Å². The largest absolute Gasteiger partial charge is 0.463 e. The van der Waals surface area contributed by atoms with Gasteiger partial charge in [0.1, 0.15) is 13.2 Å². The molecule has 1 amide bonds. The standard InChI is InChI=1S/C13H20BrNO3/c14-13(6-7-13)10-18-12(17)9-15-8-4-2-1-3-5-11(15)16/h1-10H2. The van der Waals surface area contributed by atoms with Crippen LogP contribution in [0.1, 0.15) is 44.9 Å². The van der Waals surface area contributed by atoms with Crippen LogP contribution in [0.15, 0.2) is 0 Å². The average molecular weight is 318 g/mol. The van der Waals surface area contributed by atoms with E-state index in [9.17, 15) is 9.59 Å². The molecule has 0 atom stereocenters. The maximum absolute atomic E-state index is 11.8. The minimum atomic E-state index is -0.283. The molecule has 0 radical (unpaired) electrons. The van der Waals surface area contributed by atoms with E-state index < -0.39 is 0 Å². The number of hydrogen-bond acceptors (Lipinski definition) is 3. The van der Waals surface area contributed by atoms with Crippen LogP contribution in [-0.4, -0.2) is 40.8 Å². The highest BCUT2D eigenvalue weighted by Gasteiger charge is 2.41. The maximum Gasteiger partial charge on any atom is 0.325 e. The lowest BCUT2D eigenvalue weighted by Crippen LogP contribution is -2.38. The summed E-state index contributed by atoms with van der Waals surface area (Å²) in [5, 5.41) is 0. The molecular weight excluding hydrogens is 298 g/mol. The van der Waals surface area contributed by atoms with Crippen molar-refractivity contribution in [2.45, 2.75) is 49.3 Å². The second kappa shape index (κ2) is 6.04. The van der Waals surface area contributed by atoms with Crippen molar-refractivity contribution in [1.82, 2.24) is 4.90 Å². The van der Waals surface area contributed by atoms with Crippen LogP contribution in [0, 0.1) is 0 Å². The van der Waals surface area contributed by atoms with Crippen molar-refractivity contribution >= 4 is 27.8 Å². The minimum absolute atomic E-state index is 0.0307. The number of hydrogen-bond donors (Lipinski definition) is 0. The Labute approximate surface area is 116 Å². The molecule has 5 heteroatoms. The lowest BCUT2D eigenvalue weighted by molar-refractivity contribution is -0.149. The zero-order chi connectivity index (χ0) is 13.0. The quantitative estimate of drug-likeness (QED) is 0.590. The Morgan fingerprint density at radius 2 is 2.00 bits per heavy atom. The molecule has 4 nitrogen and oxygen atoms in total. The fourth-order valence-corrected chi connectivity index (χ4v) is 2.39. The van der Waals surface area contributed by atoms with Gasteiger partial charge in [0.05, 0.1) is 4.32 Å². The molecule has 0 aromatic carbocycles. The van der Waals surface area contributed by atoms with E-state index >= 15 is 0 Å². The third-order valence-corrected chi connectivity index (χ3v) is 4.55. The number of rotatable bonds is 4. The average Bonchev–Trinajstić information content (AvgIpc) is 3.05. The number of likely N-dealkylation sites (tertiary alicyclic amines) is 1. The number of ether oxygens (including phenoxy) is 1.